The Kier molecular flexibility index (Phi) is 4.01. The molecule has 0 aromatic heterocycles. The second-order valence-electron chi connectivity index (χ2n) is 5.18. The van der Waals surface area contributed by atoms with Crippen molar-refractivity contribution in [1.29, 1.82) is 0 Å². The van der Waals surface area contributed by atoms with E-state index in [-0.39, 0.29) is 5.75 Å². The van der Waals surface area contributed by atoms with E-state index in [0.29, 0.717) is 12.0 Å². The smallest absolute Gasteiger partial charge is 0.154 e. The van der Waals surface area contributed by atoms with Gasteiger partial charge in [-0.2, -0.15) is 0 Å². The number of benzene rings is 3. The third kappa shape index (κ3) is 2.77. The van der Waals surface area contributed by atoms with Gasteiger partial charge in [0.1, 0.15) is 5.75 Å². The van der Waals surface area contributed by atoms with Crippen LogP contribution in [0.4, 0.5) is 0 Å². The summed E-state index contributed by atoms with van der Waals surface area (Å²) in [6.07, 6.45) is 1.33. The van der Waals surface area contributed by atoms with Crippen molar-refractivity contribution in [1.82, 2.24) is 0 Å². The van der Waals surface area contributed by atoms with E-state index in [9.17, 15) is 9.90 Å². The van der Waals surface area contributed by atoms with E-state index in [1.165, 1.54) is 0 Å². The van der Waals surface area contributed by atoms with Crippen molar-refractivity contribution in [2.45, 2.75) is 6.42 Å². The summed E-state index contributed by atoms with van der Waals surface area (Å²) in [5, 5.41) is 10.5. The van der Waals surface area contributed by atoms with Crippen molar-refractivity contribution < 1.29 is 9.90 Å². The van der Waals surface area contributed by atoms with Crippen molar-refractivity contribution in [2.75, 3.05) is 0 Å². The van der Waals surface area contributed by atoms with Gasteiger partial charge in [-0.05, 0) is 22.3 Å². The zero-order valence-electron chi connectivity index (χ0n) is 12.1. The van der Waals surface area contributed by atoms with Crippen LogP contribution >= 0.6 is 0 Å². The lowest BCUT2D eigenvalue weighted by molar-refractivity contribution is 0.112. The molecule has 0 radical (unpaired) electrons. The Balaban J connectivity index is 2.03. The van der Waals surface area contributed by atoms with Gasteiger partial charge in [0.05, 0.1) is 5.56 Å². The maximum atomic E-state index is 11.5. The van der Waals surface area contributed by atoms with E-state index in [4.69, 9.17) is 0 Å². The van der Waals surface area contributed by atoms with Crippen LogP contribution < -0.4 is 0 Å². The Labute approximate surface area is 129 Å². The van der Waals surface area contributed by atoms with Gasteiger partial charge in [-0.1, -0.05) is 72.8 Å². The number of carbonyl (C=O) groups excluding carboxylic acids is 1. The Morgan fingerprint density at radius 2 is 1.45 bits per heavy atom. The Morgan fingerprint density at radius 3 is 2.09 bits per heavy atom. The molecule has 2 heteroatoms. The summed E-state index contributed by atoms with van der Waals surface area (Å²) in [5.74, 6) is 0.0696. The SMILES string of the molecule is O=Cc1c(-c2ccccc2)ccc(Cc2ccccc2)c1O. The maximum Gasteiger partial charge on any atom is 0.154 e. The standard InChI is InChI=1S/C20H16O2/c21-14-19-18(16-9-5-2-6-10-16)12-11-17(20(19)22)13-15-7-3-1-4-8-15/h1-12,14,22H,13H2. The fourth-order valence-corrected chi connectivity index (χ4v) is 2.60. The fraction of sp³-hybridized carbons (Fsp3) is 0.0500. The van der Waals surface area contributed by atoms with Crippen molar-refractivity contribution in [2.24, 2.45) is 0 Å². The minimum absolute atomic E-state index is 0.0696. The number of phenolic OH excluding ortho intramolecular Hbond substituents is 1. The Bertz CT molecular complexity index is 778. The molecular weight excluding hydrogens is 272 g/mol. The van der Waals surface area contributed by atoms with E-state index in [2.05, 4.69) is 0 Å². The number of aldehydes is 1. The number of hydrogen-bond acceptors (Lipinski definition) is 2. The Morgan fingerprint density at radius 1 is 0.818 bits per heavy atom. The van der Waals surface area contributed by atoms with Gasteiger partial charge in [-0.25, -0.2) is 0 Å². The second-order valence-corrected chi connectivity index (χ2v) is 5.18. The molecule has 0 unspecified atom stereocenters. The quantitative estimate of drug-likeness (QED) is 0.719. The summed E-state index contributed by atoms with van der Waals surface area (Å²) in [7, 11) is 0. The molecule has 0 aliphatic heterocycles. The molecule has 22 heavy (non-hydrogen) atoms. The van der Waals surface area contributed by atoms with Gasteiger partial charge >= 0.3 is 0 Å². The third-order valence-corrected chi connectivity index (χ3v) is 3.74. The van der Waals surface area contributed by atoms with Crippen LogP contribution in [0.1, 0.15) is 21.5 Å². The fourth-order valence-electron chi connectivity index (χ4n) is 2.60. The van der Waals surface area contributed by atoms with Gasteiger partial charge < -0.3 is 5.11 Å². The average molecular weight is 288 g/mol. The molecule has 3 aromatic rings. The van der Waals surface area contributed by atoms with E-state index in [1.807, 2.05) is 72.8 Å². The zero-order chi connectivity index (χ0) is 15.4. The van der Waals surface area contributed by atoms with Crippen LogP contribution in [0.3, 0.4) is 0 Å². The predicted molar refractivity (Wildman–Crippen MR) is 88.2 cm³/mol. The molecule has 0 atom stereocenters. The van der Waals surface area contributed by atoms with Crippen LogP contribution in [0.25, 0.3) is 11.1 Å². The van der Waals surface area contributed by atoms with Gasteiger partial charge in [0.15, 0.2) is 6.29 Å². The van der Waals surface area contributed by atoms with Crippen LogP contribution in [-0.2, 0) is 6.42 Å². The molecule has 0 fully saturated rings. The van der Waals surface area contributed by atoms with Gasteiger partial charge in [0.2, 0.25) is 0 Å². The summed E-state index contributed by atoms with van der Waals surface area (Å²) in [5.41, 5.74) is 3.88. The van der Waals surface area contributed by atoms with E-state index < -0.39 is 0 Å². The summed E-state index contributed by atoms with van der Waals surface area (Å²) in [6, 6.07) is 23.3. The summed E-state index contributed by atoms with van der Waals surface area (Å²) in [6.45, 7) is 0. The minimum atomic E-state index is 0.0696. The molecular formula is C20H16O2. The molecule has 0 saturated heterocycles. The molecule has 0 saturated carbocycles. The van der Waals surface area contributed by atoms with Crippen LogP contribution in [0.5, 0.6) is 5.75 Å². The first kappa shape index (κ1) is 14.1. The summed E-state index contributed by atoms with van der Waals surface area (Å²) < 4.78 is 0. The maximum absolute atomic E-state index is 11.5. The lowest BCUT2D eigenvalue weighted by Crippen LogP contribution is -1.95. The van der Waals surface area contributed by atoms with Crippen LogP contribution in [-0.4, -0.2) is 11.4 Å². The number of aromatic hydroxyl groups is 1. The van der Waals surface area contributed by atoms with Crippen molar-refractivity contribution in [3.63, 3.8) is 0 Å². The second kappa shape index (κ2) is 6.27. The van der Waals surface area contributed by atoms with Crippen molar-refractivity contribution in [3.8, 4) is 16.9 Å². The molecule has 0 amide bonds. The van der Waals surface area contributed by atoms with Crippen molar-refractivity contribution >= 4 is 6.29 Å². The zero-order valence-corrected chi connectivity index (χ0v) is 12.1. The highest BCUT2D eigenvalue weighted by atomic mass is 16.3. The first-order valence-electron chi connectivity index (χ1n) is 7.19. The molecule has 0 heterocycles. The molecule has 1 N–H and O–H groups in total. The highest BCUT2D eigenvalue weighted by Crippen LogP contribution is 2.32. The monoisotopic (exact) mass is 288 g/mol. The summed E-state index contributed by atoms with van der Waals surface area (Å²) in [4.78, 5) is 11.5. The van der Waals surface area contributed by atoms with Crippen LogP contribution in [0.2, 0.25) is 0 Å². The van der Waals surface area contributed by atoms with Crippen LogP contribution in [0, 0.1) is 0 Å². The first-order valence-corrected chi connectivity index (χ1v) is 7.19. The highest BCUT2D eigenvalue weighted by Gasteiger charge is 2.13. The highest BCUT2D eigenvalue weighted by molar-refractivity contribution is 5.91. The number of phenols is 1. The third-order valence-electron chi connectivity index (χ3n) is 3.74. The lowest BCUT2D eigenvalue weighted by atomic mass is 9.94. The molecule has 0 bridgehead atoms. The number of hydrogen-bond donors (Lipinski definition) is 1. The van der Waals surface area contributed by atoms with Gasteiger partial charge in [0.25, 0.3) is 0 Å². The van der Waals surface area contributed by atoms with Crippen LogP contribution in [0.15, 0.2) is 72.8 Å². The van der Waals surface area contributed by atoms with E-state index in [1.54, 1.807) is 0 Å². The lowest BCUT2D eigenvalue weighted by Gasteiger charge is -2.11. The summed E-state index contributed by atoms with van der Waals surface area (Å²) >= 11 is 0. The number of rotatable bonds is 4. The van der Waals surface area contributed by atoms with Gasteiger partial charge in [0, 0.05) is 6.42 Å². The molecule has 0 spiro atoms. The minimum Gasteiger partial charge on any atom is -0.507 e. The van der Waals surface area contributed by atoms with E-state index in [0.717, 1.165) is 28.5 Å². The molecule has 108 valence electrons. The molecule has 2 nitrogen and oxygen atoms in total. The molecule has 3 rings (SSSR count). The Hall–Kier alpha value is -2.87. The molecule has 0 aliphatic rings. The average Bonchev–Trinajstić information content (AvgIpc) is 2.58. The van der Waals surface area contributed by atoms with E-state index >= 15 is 0 Å². The van der Waals surface area contributed by atoms with Crippen molar-refractivity contribution in [3.05, 3.63) is 89.5 Å². The van der Waals surface area contributed by atoms with Gasteiger partial charge in [-0.15, -0.1) is 0 Å². The topological polar surface area (TPSA) is 37.3 Å². The molecule has 0 aliphatic carbocycles. The number of carbonyl (C=O) groups is 1. The van der Waals surface area contributed by atoms with Gasteiger partial charge in [-0.3, -0.25) is 4.79 Å². The largest absolute Gasteiger partial charge is 0.507 e. The molecule has 3 aromatic carbocycles. The normalized spacial score (nSPS) is 10.4. The first-order chi connectivity index (χ1) is 10.8. The predicted octanol–water partition coefficient (Wildman–Crippen LogP) is 4.46.